The molecule has 0 saturated heterocycles. The quantitative estimate of drug-likeness (QED) is 0.834. The molecule has 2 aromatic rings. The third kappa shape index (κ3) is 6.03. The van der Waals surface area contributed by atoms with Gasteiger partial charge in [-0.3, -0.25) is 9.59 Å². The van der Waals surface area contributed by atoms with Crippen molar-refractivity contribution >= 4 is 11.8 Å². The van der Waals surface area contributed by atoms with Crippen LogP contribution in [0.1, 0.15) is 51.2 Å². The van der Waals surface area contributed by atoms with Crippen molar-refractivity contribution < 1.29 is 9.59 Å². The Hall–Kier alpha value is -2.62. The van der Waals surface area contributed by atoms with E-state index in [0.29, 0.717) is 6.42 Å². The van der Waals surface area contributed by atoms with Gasteiger partial charge in [-0.2, -0.15) is 0 Å². The SMILES string of the molecule is CC(NC(=O)CC(c1ccccc1)c1ccccc1)C(=O)NC(C)(C)C. The highest BCUT2D eigenvalue weighted by Gasteiger charge is 2.23. The highest BCUT2D eigenvalue weighted by Crippen LogP contribution is 2.27. The van der Waals surface area contributed by atoms with Crippen LogP contribution in [-0.4, -0.2) is 23.4 Å². The van der Waals surface area contributed by atoms with Crippen molar-refractivity contribution in [2.24, 2.45) is 0 Å². The van der Waals surface area contributed by atoms with Crippen LogP contribution in [-0.2, 0) is 9.59 Å². The number of benzene rings is 2. The first-order valence-electron chi connectivity index (χ1n) is 8.97. The Morgan fingerprint density at radius 3 is 1.77 bits per heavy atom. The van der Waals surface area contributed by atoms with Crippen LogP contribution >= 0.6 is 0 Å². The third-order valence-electron chi connectivity index (χ3n) is 4.06. The van der Waals surface area contributed by atoms with E-state index in [1.807, 2.05) is 81.4 Å². The average molecular weight is 352 g/mol. The number of hydrogen-bond acceptors (Lipinski definition) is 2. The average Bonchev–Trinajstić information content (AvgIpc) is 2.59. The van der Waals surface area contributed by atoms with Gasteiger partial charge in [-0.1, -0.05) is 60.7 Å². The molecule has 0 bridgehead atoms. The monoisotopic (exact) mass is 352 g/mol. The molecule has 4 nitrogen and oxygen atoms in total. The van der Waals surface area contributed by atoms with Crippen LogP contribution < -0.4 is 10.6 Å². The van der Waals surface area contributed by atoms with E-state index in [-0.39, 0.29) is 23.3 Å². The van der Waals surface area contributed by atoms with Crippen molar-refractivity contribution in [2.45, 2.75) is 51.6 Å². The fourth-order valence-electron chi connectivity index (χ4n) is 2.83. The molecule has 1 atom stereocenters. The van der Waals surface area contributed by atoms with E-state index in [0.717, 1.165) is 11.1 Å². The Bertz CT molecular complexity index is 681. The van der Waals surface area contributed by atoms with Gasteiger partial charge < -0.3 is 10.6 Å². The highest BCUT2D eigenvalue weighted by molar-refractivity contribution is 5.88. The number of nitrogens with one attached hydrogen (secondary N) is 2. The molecule has 0 aliphatic rings. The molecule has 0 spiro atoms. The van der Waals surface area contributed by atoms with Crippen LogP contribution in [0.2, 0.25) is 0 Å². The summed E-state index contributed by atoms with van der Waals surface area (Å²) < 4.78 is 0. The first-order valence-corrected chi connectivity index (χ1v) is 8.97. The Balaban J connectivity index is 2.09. The van der Waals surface area contributed by atoms with Gasteiger partial charge in [0.25, 0.3) is 0 Å². The summed E-state index contributed by atoms with van der Waals surface area (Å²) in [5.41, 5.74) is 1.84. The summed E-state index contributed by atoms with van der Waals surface area (Å²) in [6.07, 6.45) is 0.293. The summed E-state index contributed by atoms with van der Waals surface area (Å²) in [5, 5.41) is 5.71. The van der Waals surface area contributed by atoms with Crippen molar-refractivity contribution in [2.75, 3.05) is 0 Å². The molecule has 2 aromatic carbocycles. The van der Waals surface area contributed by atoms with Gasteiger partial charge in [0, 0.05) is 17.9 Å². The third-order valence-corrected chi connectivity index (χ3v) is 4.06. The van der Waals surface area contributed by atoms with Gasteiger partial charge in [0.05, 0.1) is 0 Å². The molecule has 2 rings (SSSR count). The lowest BCUT2D eigenvalue weighted by atomic mass is 9.88. The number of carbonyl (C=O) groups excluding carboxylic acids is 2. The lowest BCUT2D eigenvalue weighted by Crippen LogP contribution is -2.51. The molecule has 2 amide bonds. The van der Waals surface area contributed by atoms with E-state index in [2.05, 4.69) is 10.6 Å². The predicted octanol–water partition coefficient (Wildman–Crippen LogP) is 3.63. The maximum absolute atomic E-state index is 12.6. The topological polar surface area (TPSA) is 58.2 Å². The highest BCUT2D eigenvalue weighted by atomic mass is 16.2. The van der Waals surface area contributed by atoms with Gasteiger partial charge in [0.15, 0.2) is 0 Å². The van der Waals surface area contributed by atoms with E-state index in [4.69, 9.17) is 0 Å². The molecule has 0 fully saturated rings. The molecule has 0 heterocycles. The molecule has 4 heteroatoms. The first kappa shape index (κ1) is 19.7. The summed E-state index contributed by atoms with van der Waals surface area (Å²) in [7, 11) is 0. The van der Waals surface area contributed by atoms with Crippen LogP contribution in [0.4, 0.5) is 0 Å². The minimum Gasteiger partial charge on any atom is -0.350 e. The molecule has 0 aliphatic carbocycles. The molecule has 0 aromatic heterocycles. The second-order valence-corrected chi connectivity index (χ2v) is 7.61. The number of rotatable bonds is 6. The molecular weight excluding hydrogens is 324 g/mol. The normalized spacial score (nSPS) is 12.5. The zero-order valence-electron chi connectivity index (χ0n) is 16.0. The lowest BCUT2D eigenvalue weighted by Gasteiger charge is -2.24. The maximum Gasteiger partial charge on any atom is 0.242 e. The van der Waals surface area contributed by atoms with Crippen LogP contribution in [0, 0.1) is 0 Å². The van der Waals surface area contributed by atoms with E-state index in [9.17, 15) is 9.59 Å². The van der Waals surface area contributed by atoms with Crippen LogP contribution in [0.5, 0.6) is 0 Å². The van der Waals surface area contributed by atoms with Gasteiger partial charge in [-0.25, -0.2) is 0 Å². The predicted molar refractivity (Wildman–Crippen MR) is 105 cm³/mol. The van der Waals surface area contributed by atoms with E-state index in [1.165, 1.54) is 0 Å². The van der Waals surface area contributed by atoms with Gasteiger partial charge in [0.2, 0.25) is 11.8 Å². The maximum atomic E-state index is 12.6. The van der Waals surface area contributed by atoms with Crippen LogP contribution in [0.3, 0.4) is 0 Å². The summed E-state index contributed by atoms with van der Waals surface area (Å²) >= 11 is 0. The van der Waals surface area contributed by atoms with Gasteiger partial charge in [-0.05, 0) is 38.8 Å². The second kappa shape index (κ2) is 8.65. The van der Waals surface area contributed by atoms with Gasteiger partial charge in [0.1, 0.15) is 6.04 Å². The van der Waals surface area contributed by atoms with E-state index < -0.39 is 6.04 Å². The van der Waals surface area contributed by atoms with Crippen molar-refractivity contribution in [3.63, 3.8) is 0 Å². The fourth-order valence-corrected chi connectivity index (χ4v) is 2.83. The largest absolute Gasteiger partial charge is 0.350 e. The molecule has 0 aliphatic heterocycles. The smallest absolute Gasteiger partial charge is 0.242 e. The van der Waals surface area contributed by atoms with Crippen molar-refractivity contribution in [1.82, 2.24) is 10.6 Å². The molecule has 2 N–H and O–H groups in total. The van der Waals surface area contributed by atoms with Crippen molar-refractivity contribution in [3.05, 3.63) is 71.8 Å². The van der Waals surface area contributed by atoms with E-state index >= 15 is 0 Å². The second-order valence-electron chi connectivity index (χ2n) is 7.61. The molecule has 0 radical (unpaired) electrons. The first-order chi connectivity index (χ1) is 12.3. The zero-order valence-corrected chi connectivity index (χ0v) is 16.0. The van der Waals surface area contributed by atoms with Crippen molar-refractivity contribution in [1.29, 1.82) is 0 Å². The molecule has 26 heavy (non-hydrogen) atoms. The minimum atomic E-state index is -0.575. The standard InChI is InChI=1S/C22H28N2O2/c1-16(21(26)24-22(2,3)4)23-20(25)15-19(17-11-7-5-8-12-17)18-13-9-6-10-14-18/h5-14,16,19H,15H2,1-4H3,(H,23,25)(H,24,26). The zero-order chi connectivity index (χ0) is 19.2. The molecule has 0 saturated carbocycles. The molecular formula is C22H28N2O2. The molecule has 1 unspecified atom stereocenters. The summed E-state index contributed by atoms with van der Waals surface area (Å²) in [6.45, 7) is 7.46. The Morgan fingerprint density at radius 2 is 1.35 bits per heavy atom. The summed E-state index contributed by atoms with van der Waals surface area (Å²) in [4.78, 5) is 24.8. The number of hydrogen-bond donors (Lipinski definition) is 2. The number of amides is 2. The Kier molecular flexibility index (Phi) is 6.56. The Labute approximate surface area is 156 Å². The van der Waals surface area contributed by atoms with E-state index in [1.54, 1.807) is 6.92 Å². The number of carbonyl (C=O) groups is 2. The van der Waals surface area contributed by atoms with Gasteiger partial charge >= 0.3 is 0 Å². The molecule has 138 valence electrons. The Morgan fingerprint density at radius 1 is 0.885 bits per heavy atom. The van der Waals surface area contributed by atoms with Crippen LogP contribution in [0.15, 0.2) is 60.7 Å². The summed E-state index contributed by atoms with van der Waals surface area (Å²) in [6, 6.07) is 19.4. The minimum absolute atomic E-state index is 0.0460. The van der Waals surface area contributed by atoms with Crippen LogP contribution in [0.25, 0.3) is 0 Å². The summed E-state index contributed by atoms with van der Waals surface area (Å²) in [5.74, 6) is -0.364. The van der Waals surface area contributed by atoms with Gasteiger partial charge in [-0.15, -0.1) is 0 Å². The lowest BCUT2D eigenvalue weighted by molar-refractivity contribution is -0.129. The van der Waals surface area contributed by atoms with Crippen molar-refractivity contribution in [3.8, 4) is 0 Å². The fraction of sp³-hybridized carbons (Fsp3) is 0.364.